The number of aromatic nitrogens is 5. The van der Waals surface area contributed by atoms with Crippen LogP contribution in [0.4, 0.5) is 10.1 Å². The average Bonchev–Trinajstić information content (AvgIpc) is 3.52. The first kappa shape index (κ1) is 37.1. The van der Waals surface area contributed by atoms with E-state index in [1.54, 1.807) is 25.3 Å². The lowest BCUT2D eigenvalue weighted by molar-refractivity contribution is -0.122. The van der Waals surface area contributed by atoms with Crippen LogP contribution >= 0.6 is 23.2 Å². The molecule has 56 heavy (non-hydrogen) atoms. The summed E-state index contributed by atoms with van der Waals surface area (Å²) in [6.45, 7) is -0.363. The van der Waals surface area contributed by atoms with Crippen molar-refractivity contribution in [2.45, 2.75) is 47.6 Å². The van der Waals surface area contributed by atoms with E-state index in [-0.39, 0.29) is 48.0 Å². The molecule has 290 valence electrons. The summed E-state index contributed by atoms with van der Waals surface area (Å²) in [5.41, 5.74) is -0.207. The van der Waals surface area contributed by atoms with Crippen molar-refractivity contribution in [1.82, 2.24) is 23.5 Å². The van der Waals surface area contributed by atoms with E-state index in [9.17, 15) is 33.5 Å². The number of nitrogens with zero attached hydrogens (tertiary/aromatic N) is 6. The number of phenolic OH excluding ortho intramolecular Hbond substituents is 1. The molecule has 18 heteroatoms. The number of carbonyl (C=O) groups is 2. The Balaban J connectivity index is 1.24. The summed E-state index contributed by atoms with van der Waals surface area (Å²) in [5.74, 6) is -2.88. The number of hydrogen-bond acceptors (Lipinski definition) is 10. The average molecular weight is 808 g/mol. The van der Waals surface area contributed by atoms with E-state index in [0.717, 1.165) is 21.6 Å². The van der Waals surface area contributed by atoms with Gasteiger partial charge in [-0.2, -0.15) is 0 Å². The van der Waals surface area contributed by atoms with Crippen molar-refractivity contribution in [3.63, 3.8) is 0 Å². The van der Waals surface area contributed by atoms with Crippen LogP contribution in [0.3, 0.4) is 0 Å². The van der Waals surface area contributed by atoms with Gasteiger partial charge in [-0.3, -0.25) is 14.4 Å². The number of carbonyl (C=O) groups excluding carboxylic acids is 2. The Kier molecular flexibility index (Phi) is 8.69. The zero-order valence-electron chi connectivity index (χ0n) is 30.3. The van der Waals surface area contributed by atoms with Gasteiger partial charge in [0.1, 0.15) is 23.0 Å². The number of hydrogen-bond donors (Lipinski definition) is 1. The number of aryl methyl sites for hydroxylation is 2. The highest BCUT2D eigenvalue weighted by atomic mass is 35.5. The van der Waals surface area contributed by atoms with Crippen molar-refractivity contribution in [3.8, 4) is 23.0 Å². The molecule has 2 fully saturated rings. The number of methoxy groups -OCH3 is 3. The topological polar surface area (TPSA) is 169 Å². The quantitative estimate of drug-likeness (QED) is 0.140. The molecule has 1 aliphatic carbocycles. The van der Waals surface area contributed by atoms with Gasteiger partial charge in [-0.15, -0.1) is 23.2 Å². The first-order valence-electron chi connectivity index (χ1n) is 17.3. The SMILES string of the molecule is COc1cc2nc(CCn3c(=O)n4n(c3=O)C3CC5(Cl)C(=O)N(c6ccc(F)cc6)C(=O)C5(Cl)C(c5ccc(O)cc5OC)C3=CC4)c(=O)n(C)c2cc1OC. The number of aromatic hydroxyl groups is 1. The highest BCUT2D eigenvalue weighted by Crippen LogP contribution is 2.64. The lowest BCUT2D eigenvalue weighted by atomic mass is 9.64. The fourth-order valence-electron chi connectivity index (χ4n) is 8.27. The van der Waals surface area contributed by atoms with Crippen LogP contribution in [-0.2, 0) is 36.1 Å². The molecule has 0 bridgehead atoms. The maximum absolute atomic E-state index is 14.6. The molecule has 1 N–H and O–H groups in total. The Morgan fingerprint density at radius 2 is 1.57 bits per heavy atom. The third-order valence-corrected chi connectivity index (χ3v) is 12.4. The van der Waals surface area contributed by atoms with Gasteiger partial charge in [0, 0.05) is 56.1 Å². The standard InChI is InChI=1S/C38H33Cl2FN6O9/c1-43-26-17-30(56-4)29(55-3)16-25(26)42-24(32(43)49)12-13-44-35(52)45-14-11-22-27(47(45)36(44)53)18-37(39)33(50)46(20-7-5-19(41)6-8-20)34(51)38(37,40)31(22)23-10-9-21(48)15-28(23)54-2/h5-11,15-17,27,31,48H,12-14,18H2,1-4H3. The highest BCUT2D eigenvalue weighted by molar-refractivity contribution is 6.58. The fourth-order valence-corrected chi connectivity index (χ4v) is 9.18. The molecular weight excluding hydrogens is 774 g/mol. The second-order valence-electron chi connectivity index (χ2n) is 13.7. The zero-order chi connectivity index (χ0) is 40.0. The van der Waals surface area contributed by atoms with Gasteiger partial charge in [-0.25, -0.2) is 37.8 Å². The van der Waals surface area contributed by atoms with Gasteiger partial charge < -0.3 is 23.9 Å². The van der Waals surface area contributed by atoms with Gasteiger partial charge in [-0.1, -0.05) is 12.1 Å². The molecule has 5 aromatic rings. The number of anilines is 1. The summed E-state index contributed by atoms with van der Waals surface area (Å²) in [6.07, 6.45) is 1.16. The van der Waals surface area contributed by atoms with Crippen LogP contribution in [0.25, 0.3) is 11.0 Å². The Hall–Kier alpha value is -5.87. The van der Waals surface area contributed by atoms with Gasteiger partial charge in [0.25, 0.3) is 17.4 Å². The van der Waals surface area contributed by atoms with E-state index in [1.807, 2.05) is 0 Å². The van der Waals surface area contributed by atoms with Crippen LogP contribution in [-0.4, -0.2) is 71.5 Å². The molecule has 2 aromatic heterocycles. The van der Waals surface area contributed by atoms with Crippen molar-refractivity contribution in [2.75, 3.05) is 26.2 Å². The molecule has 3 aromatic carbocycles. The summed E-state index contributed by atoms with van der Waals surface area (Å²) in [5, 5.41) is 10.3. The zero-order valence-corrected chi connectivity index (χ0v) is 31.8. The summed E-state index contributed by atoms with van der Waals surface area (Å²) in [7, 11) is 5.86. The number of ether oxygens (including phenoxy) is 3. The summed E-state index contributed by atoms with van der Waals surface area (Å²) < 4.78 is 35.1. The molecule has 2 aliphatic heterocycles. The molecule has 15 nitrogen and oxygen atoms in total. The fraction of sp³-hybridized carbons (Fsp3) is 0.316. The summed E-state index contributed by atoms with van der Waals surface area (Å²) in [4.78, 5) is 71.7. The van der Waals surface area contributed by atoms with Crippen molar-refractivity contribution in [2.24, 2.45) is 7.05 Å². The number of rotatable bonds is 8. The Bertz CT molecular complexity index is 2720. The Labute approximate surface area is 326 Å². The summed E-state index contributed by atoms with van der Waals surface area (Å²) >= 11 is 14.8. The normalized spacial score (nSPS) is 22.8. The number of amides is 2. The van der Waals surface area contributed by atoms with E-state index in [4.69, 9.17) is 37.4 Å². The third kappa shape index (κ3) is 5.08. The number of fused-ring (bicyclic) bond motifs is 5. The summed E-state index contributed by atoms with van der Waals surface area (Å²) in [6, 6.07) is 11.0. The second kappa shape index (κ2) is 13.1. The van der Waals surface area contributed by atoms with E-state index in [2.05, 4.69) is 4.98 Å². The molecule has 4 atom stereocenters. The predicted molar refractivity (Wildman–Crippen MR) is 202 cm³/mol. The van der Waals surface area contributed by atoms with Crippen LogP contribution in [0.1, 0.15) is 29.6 Å². The number of phenols is 1. The number of halogens is 3. The lowest BCUT2D eigenvalue weighted by Crippen LogP contribution is -2.59. The molecular formula is C38H33Cl2FN6O9. The van der Waals surface area contributed by atoms with Crippen molar-refractivity contribution >= 4 is 51.7 Å². The molecule has 3 aliphatic rings. The van der Waals surface area contributed by atoms with Gasteiger partial charge in [0.2, 0.25) is 0 Å². The van der Waals surface area contributed by atoms with Crippen molar-refractivity contribution < 1.29 is 33.3 Å². The molecule has 0 radical (unpaired) electrons. The predicted octanol–water partition coefficient (Wildman–Crippen LogP) is 3.37. The minimum absolute atomic E-state index is 0.0236. The first-order chi connectivity index (χ1) is 26.7. The van der Waals surface area contributed by atoms with E-state index >= 15 is 0 Å². The van der Waals surface area contributed by atoms with E-state index in [1.165, 1.54) is 65.6 Å². The maximum Gasteiger partial charge on any atom is 0.347 e. The van der Waals surface area contributed by atoms with Gasteiger partial charge in [0.05, 0.1) is 50.6 Å². The minimum Gasteiger partial charge on any atom is -0.508 e. The van der Waals surface area contributed by atoms with E-state index < -0.39 is 62.7 Å². The monoisotopic (exact) mass is 806 g/mol. The number of alkyl halides is 2. The Morgan fingerprint density at radius 1 is 0.893 bits per heavy atom. The largest absolute Gasteiger partial charge is 0.508 e. The maximum atomic E-state index is 14.6. The van der Waals surface area contributed by atoms with Crippen LogP contribution < -0.4 is 36.0 Å². The first-order valence-corrected chi connectivity index (χ1v) is 18.1. The molecule has 8 rings (SSSR count). The van der Waals surface area contributed by atoms with Crippen LogP contribution in [0.5, 0.6) is 23.0 Å². The second-order valence-corrected chi connectivity index (χ2v) is 15.0. The van der Waals surface area contributed by atoms with Crippen molar-refractivity contribution in [1.29, 1.82) is 0 Å². The lowest BCUT2D eigenvalue weighted by Gasteiger charge is -2.49. The molecule has 2 amide bonds. The smallest absolute Gasteiger partial charge is 0.347 e. The number of imide groups is 1. The van der Waals surface area contributed by atoms with E-state index in [0.29, 0.717) is 28.1 Å². The molecule has 0 spiro atoms. The van der Waals surface area contributed by atoms with Crippen molar-refractivity contribution in [3.05, 3.63) is 115 Å². The van der Waals surface area contributed by atoms with Gasteiger partial charge >= 0.3 is 11.4 Å². The highest BCUT2D eigenvalue weighted by Gasteiger charge is 2.76. The van der Waals surface area contributed by atoms with Crippen LogP contribution in [0, 0.1) is 5.82 Å². The molecule has 1 saturated heterocycles. The Morgan fingerprint density at radius 3 is 2.25 bits per heavy atom. The van der Waals surface area contributed by atoms with Gasteiger partial charge in [-0.05, 0) is 35.9 Å². The number of benzene rings is 3. The molecule has 4 unspecified atom stereocenters. The van der Waals surface area contributed by atoms with Crippen LogP contribution in [0.15, 0.2) is 80.6 Å². The minimum atomic E-state index is -2.23. The van der Waals surface area contributed by atoms with Gasteiger partial charge in [0.15, 0.2) is 21.2 Å². The third-order valence-electron chi connectivity index (χ3n) is 11.0. The molecule has 1 saturated carbocycles. The molecule has 4 heterocycles. The number of allylic oxidation sites excluding steroid dienone is 2. The van der Waals surface area contributed by atoms with Crippen LogP contribution in [0.2, 0.25) is 0 Å².